The van der Waals surface area contributed by atoms with Gasteiger partial charge in [-0.2, -0.15) is 0 Å². The lowest BCUT2D eigenvalue weighted by Crippen LogP contribution is -2.33. The summed E-state index contributed by atoms with van der Waals surface area (Å²) in [6.45, 7) is 2.39. The molecule has 20 heavy (non-hydrogen) atoms. The zero-order valence-electron chi connectivity index (χ0n) is 11.6. The lowest BCUT2D eigenvalue weighted by atomic mass is 9.96. The molecule has 1 aliphatic carbocycles. The van der Waals surface area contributed by atoms with Gasteiger partial charge in [0.1, 0.15) is 0 Å². The van der Waals surface area contributed by atoms with Crippen molar-refractivity contribution in [3.05, 3.63) is 36.0 Å². The number of para-hydroxylation sites is 1. The predicted molar refractivity (Wildman–Crippen MR) is 81.3 cm³/mol. The number of aromatic nitrogens is 1. The summed E-state index contributed by atoms with van der Waals surface area (Å²) < 4.78 is 26.4. The third kappa shape index (κ3) is 2.47. The summed E-state index contributed by atoms with van der Waals surface area (Å²) in [6, 6.07) is 8.18. The van der Waals surface area contributed by atoms with Gasteiger partial charge in [0.2, 0.25) is 10.0 Å². The lowest BCUT2D eigenvalue weighted by Gasteiger charge is -2.15. The quantitative estimate of drug-likeness (QED) is 0.859. The van der Waals surface area contributed by atoms with Crippen molar-refractivity contribution in [3.8, 4) is 0 Å². The second-order valence-electron chi connectivity index (χ2n) is 5.67. The Labute approximate surface area is 119 Å². The van der Waals surface area contributed by atoms with Gasteiger partial charge >= 0.3 is 0 Å². The number of sulfonamides is 1. The Balaban J connectivity index is 1.83. The van der Waals surface area contributed by atoms with Crippen molar-refractivity contribution in [2.75, 3.05) is 12.3 Å². The van der Waals surface area contributed by atoms with Crippen molar-refractivity contribution in [2.24, 2.45) is 0 Å². The van der Waals surface area contributed by atoms with E-state index < -0.39 is 10.0 Å². The van der Waals surface area contributed by atoms with Crippen LogP contribution in [-0.4, -0.2) is 25.7 Å². The summed E-state index contributed by atoms with van der Waals surface area (Å²) in [5.74, 6) is 0.205. The molecule has 1 saturated carbocycles. The molecule has 0 amide bonds. The van der Waals surface area contributed by atoms with Crippen LogP contribution in [0.4, 0.5) is 0 Å². The second kappa shape index (κ2) is 4.90. The minimum atomic E-state index is -3.13. The summed E-state index contributed by atoms with van der Waals surface area (Å²) in [5, 5.41) is 1.21. The highest BCUT2D eigenvalue weighted by molar-refractivity contribution is 7.89. The zero-order valence-corrected chi connectivity index (χ0v) is 12.5. The van der Waals surface area contributed by atoms with E-state index in [0.29, 0.717) is 13.0 Å². The number of H-pyrrole nitrogens is 1. The van der Waals surface area contributed by atoms with Gasteiger partial charge in [0, 0.05) is 29.1 Å². The van der Waals surface area contributed by atoms with E-state index in [1.807, 2.05) is 25.3 Å². The van der Waals surface area contributed by atoms with Crippen LogP contribution in [0.15, 0.2) is 30.5 Å². The Morgan fingerprint density at radius 2 is 2.05 bits per heavy atom. The fraction of sp³-hybridized carbons (Fsp3) is 0.467. The molecular formula is C15H20N2O2S. The van der Waals surface area contributed by atoms with Gasteiger partial charge in [-0.3, -0.25) is 0 Å². The highest BCUT2D eigenvalue weighted by Gasteiger charge is 2.46. The Morgan fingerprint density at radius 3 is 2.75 bits per heavy atom. The molecule has 0 unspecified atom stereocenters. The van der Waals surface area contributed by atoms with E-state index in [-0.39, 0.29) is 11.2 Å². The number of fused-ring (bicyclic) bond motifs is 1. The first-order valence-electron chi connectivity index (χ1n) is 7.10. The first kappa shape index (κ1) is 13.6. The molecule has 0 aliphatic heterocycles. The van der Waals surface area contributed by atoms with Crippen molar-refractivity contribution in [2.45, 2.75) is 31.6 Å². The maximum atomic E-state index is 11.8. The van der Waals surface area contributed by atoms with Crippen LogP contribution in [0, 0.1) is 0 Å². The van der Waals surface area contributed by atoms with Gasteiger partial charge in [0.25, 0.3) is 0 Å². The Morgan fingerprint density at radius 1 is 1.30 bits per heavy atom. The number of hydrogen-bond donors (Lipinski definition) is 2. The molecule has 1 heterocycles. The molecule has 108 valence electrons. The first-order valence-corrected chi connectivity index (χ1v) is 8.75. The minimum Gasteiger partial charge on any atom is -0.361 e. The van der Waals surface area contributed by atoms with Crippen LogP contribution in [0.2, 0.25) is 0 Å². The van der Waals surface area contributed by atoms with Crippen LogP contribution >= 0.6 is 0 Å². The van der Waals surface area contributed by atoms with Crippen LogP contribution in [0.25, 0.3) is 10.9 Å². The van der Waals surface area contributed by atoms with E-state index in [1.54, 1.807) is 0 Å². The highest BCUT2D eigenvalue weighted by Crippen LogP contribution is 2.50. The third-order valence-electron chi connectivity index (χ3n) is 4.12. The number of aromatic amines is 1. The standard InChI is InChI=1S/C15H20N2O2S/c1-2-9-20(18,19)17-11-15(7-8-15)13-10-16-14-6-4-3-5-12(13)14/h3-6,10,16-17H,2,7-9,11H2,1H3. The molecular weight excluding hydrogens is 272 g/mol. The molecule has 1 fully saturated rings. The number of benzene rings is 1. The summed E-state index contributed by atoms with van der Waals surface area (Å²) in [6.07, 6.45) is 4.77. The van der Waals surface area contributed by atoms with E-state index in [9.17, 15) is 8.42 Å². The predicted octanol–water partition coefficient (Wildman–Crippen LogP) is 2.53. The van der Waals surface area contributed by atoms with Crippen LogP contribution in [0.5, 0.6) is 0 Å². The Bertz CT molecular complexity index is 714. The van der Waals surface area contributed by atoms with Crippen LogP contribution < -0.4 is 4.72 Å². The topological polar surface area (TPSA) is 62.0 Å². The summed E-state index contributed by atoms with van der Waals surface area (Å²) in [7, 11) is -3.13. The smallest absolute Gasteiger partial charge is 0.211 e. The SMILES string of the molecule is CCCS(=O)(=O)NCC1(c2c[nH]c3ccccc23)CC1. The van der Waals surface area contributed by atoms with Gasteiger partial charge in [-0.25, -0.2) is 13.1 Å². The summed E-state index contributed by atoms with van der Waals surface area (Å²) in [4.78, 5) is 3.28. The fourth-order valence-electron chi connectivity index (χ4n) is 2.79. The van der Waals surface area contributed by atoms with Gasteiger partial charge in [0.15, 0.2) is 0 Å². The van der Waals surface area contributed by atoms with E-state index in [4.69, 9.17) is 0 Å². The van der Waals surface area contributed by atoms with Crippen LogP contribution in [-0.2, 0) is 15.4 Å². The average molecular weight is 292 g/mol. The van der Waals surface area contributed by atoms with Crippen molar-refractivity contribution >= 4 is 20.9 Å². The van der Waals surface area contributed by atoms with Crippen molar-refractivity contribution < 1.29 is 8.42 Å². The molecule has 3 rings (SSSR count). The molecule has 2 N–H and O–H groups in total. The normalized spacial score (nSPS) is 17.4. The van der Waals surface area contributed by atoms with Crippen LogP contribution in [0.1, 0.15) is 31.7 Å². The second-order valence-corrected chi connectivity index (χ2v) is 7.59. The van der Waals surface area contributed by atoms with Gasteiger partial charge in [-0.05, 0) is 30.9 Å². The molecule has 5 heteroatoms. The maximum absolute atomic E-state index is 11.8. The van der Waals surface area contributed by atoms with Gasteiger partial charge in [0.05, 0.1) is 5.75 Å². The molecule has 1 aromatic carbocycles. The Kier molecular flexibility index (Phi) is 3.34. The van der Waals surface area contributed by atoms with E-state index in [0.717, 1.165) is 18.4 Å². The number of nitrogens with one attached hydrogen (secondary N) is 2. The van der Waals surface area contributed by atoms with E-state index in [1.165, 1.54) is 10.9 Å². The molecule has 0 spiro atoms. The molecule has 0 bridgehead atoms. The summed E-state index contributed by atoms with van der Waals surface area (Å²) >= 11 is 0. The lowest BCUT2D eigenvalue weighted by molar-refractivity contribution is 0.566. The molecule has 0 atom stereocenters. The van der Waals surface area contributed by atoms with E-state index in [2.05, 4.69) is 21.8 Å². The zero-order chi connectivity index (χ0) is 14.2. The van der Waals surface area contributed by atoms with Gasteiger partial charge in [-0.1, -0.05) is 25.1 Å². The van der Waals surface area contributed by atoms with Gasteiger partial charge in [-0.15, -0.1) is 0 Å². The van der Waals surface area contributed by atoms with Gasteiger partial charge < -0.3 is 4.98 Å². The fourth-order valence-corrected chi connectivity index (χ4v) is 3.97. The molecule has 1 aromatic heterocycles. The third-order valence-corrected chi connectivity index (χ3v) is 5.65. The van der Waals surface area contributed by atoms with E-state index >= 15 is 0 Å². The largest absolute Gasteiger partial charge is 0.361 e. The van der Waals surface area contributed by atoms with Crippen molar-refractivity contribution in [1.82, 2.24) is 9.71 Å². The number of hydrogen-bond acceptors (Lipinski definition) is 2. The number of rotatable bonds is 6. The molecule has 2 aromatic rings. The maximum Gasteiger partial charge on any atom is 0.211 e. The molecule has 4 nitrogen and oxygen atoms in total. The highest BCUT2D eigenvalue weighted by atomic mass is 32.2. The summed E-state index contributed by atoms with van der Waals surface area (Å²) in [5.41, 5.74) is 2.35. The Hall–Kier alpha value is -1.33. The van der Waals surface area contributed by atoms with Crippen LogP contribution in [0.3, 0.4) is 0 Å². The monoisotopic (exact) mass is 292 g/mol. The molecule has 0 saturated heterocycles. The first-order chi connectivity index (χ1) is 9.56. The minimum absolute atomic E-state index is 0.0135. The molecule has 1 aliphatic rings. The van der Waals surface area contributed by atoms with Crippen molar-refractivity contribution in [3.63, 3.8) is 0 Å². The average Bonchev–Trinajstić information content (AvgIpc) is 3.08. The van der Waals surface area contributed by atoms with Crippen molar-refractivity contribution in [1.29, 1.82) is 0 Å². The molecule has 0 radical (unpaired) electrons.